The van der Waals surface area contributed by atoms with Crippen molar-refractivity contribution in [1.29, 1.82) is 0 Å². The molecule has 0 amide bonds. The molecular weight excluding hydrogens is 534 g/mol. The minimum atomic E-state index is -3.04. The summed E-state index contributed by atoms with van der Waals surface area (Å²) >= 11 is 2.40. The average molecular weight is 568 g/mol. The van der Waals surface area contributed by atoms with Gasteiger partial charge in [-0.3, -0.25) is 0 Å². The largest absolute Gasteiger partial charge is 0.308 e. The van der Waals surface area contributed by atoms with E-state index < -0.39 is 7.14 Å². The molecule has 0 aliphatic carbocycles. The molecule has 1 nitrogen and oxygen atoms in total. The first kappa shape index (κ1) is 25.7. The number of allylic oxidation sites excluding steroid dienone is 3. The van der Waals surface area contributed by atoms with E-state index in [9.17, 15) is 0 Å². The lowest BCUT2D eigenvalue weighted by molar-refractivity contribution is 0.592. The van der Waals surface area contributed by atoms with E-state index in [1.54, 1.807) is 0 Å². The maximum Gasteiger partial charge on any atom is 0.177 e. The Morgan fingerprint density at radius 1 is 0.758 bits per heavy atom. The van der Waals surface area contributed by atoms with E-state index in [2.05, 4.69) is 72.8 Å². The Balaban J connectivity index is 2.32. The van der Waals surface area contributed by atoms with Gasteiger partial charge in [0.1, 0.15) is 0 Å². The molecule has 3 aromatic carbocycles. The fourth-order valence-corrected chi connectivity index (χ4v) is 8.88. The molecule has 0 bridgehead atoms. The quantitative estimate of drug-likeness (QED) is 0.0976. The van der Waals surface area contributed by atoms with Gasteiger partial charge in [0.05, 0.1) is 3.32 Å². The van der Waals surface area contributed by atoms with Crippen LogP contribution in [0.25, 0.3) is 5.57 Å². The molecule has 172 valence electrons. The van der Waals surface area contributed by atoms with Crippen LogP contribution in [-0.2, 0) is 4.57 Å². The van der Waals surface area contributed by atoms with Crippen LogP contribution in [0.5, 0.6) is 0 Å². The first-order valence-electron chi connectivity index (χ1n) is 12.0. The van der Waals surface area contributed by atoms with E-state index in [0.29, 0.717) is 0 Å². The normalized spacial score (nSPS) is 13.0. The molecule has 3 aromatic rings. The van der Waals surface area contributed by atoms with E-state index in [4.69, 9.17) is 0 Å². The first-order chi connectivity index (χ1) is 16.1. The second kappa shape index (κ2) is 13.1. The molecule has 0 saturated heterocycles. The maximum absolute atomic E-state index is 15.1. The average Bonchev–Trinajstić information content (AvgIpc) is 2.88. The summed E-state index contributed by atoms with van der Waals surface area (Å²) in [5.74, 6) is 0. The van der Waals surface area contributed by atoms with Gasteiger partial charge in [0.15, 0.2) is 7.14 Å². The summed E-state index contributed by atoms with van der Waals surface area (Å²) in [6.45, 7) is 4.47. The van der Waals surface area contributed by atoms with Crippen LogP contribution < -0.4 is 10.6 Å². The summed E-state index contributed by atoms with van der Waals surface area (Å²) in [5, 5.41) is 1.77. The summed E-state index contributed by atoms with van der Waals surface area (Å²) in [5.41, 5.74) is 3.62. The molecule has 0 fully saturated rings. The topological polar surface area (TPSA) is 17.1 Å². The molecule has 0 unspecified atom stereocenters. The predicted molar refractivity (Wildman–Crippen MR) is 154 cm³/mol. The third-order valence-electron chi connectivity index (χ3n) is 5.85. The zero-order chi connectivity index (χ0) is 23.5. The van der Waals surface area contributed by atoms with Crippen molar-refractivity contribution < 1.29 is 4.57 Å². The number of halogens is 1. The van der Waals surface area contributed by atoms with Gasteiger partial charge in [-0.1, -0.05) is 130 Å². The summed E-state index contributed by atoms with van der Waals surface area (Å²) in [6, 6.07) is 30.5. The van der Waals surface area contributed by atoms with Crippen molar-refractivity contribution >= 4 is 45.9 Å². The van der Waals surface area contributed by atoms with Crippen LogP contribution in [0.3, 0.4) is 0 Å². The third kappa shape index (κ3) is 6.37. The van der Waals surface area contributed by atoms with Crippen LogP contribution in [0.2, 0.25) is 0 Å². The predicted octanol–water partition coefficient (Wildman–Crippen LogP) is 9.11. The van der Waals surface area contributed by atoms with Gasteiger partial charge in [0.25, 0.3) is 0 Å². The minimum Gasteiger partial charge on any atom is -0.308 e. The van der Waals surface area contributed by atoms with Gasteiger partial charge in [-0.15, -0.1) is 0 Å². The van der Waals surface area contributed by atoms with Crippen molar-refractivity contribution in [3.63, 3.8) is 0 Å². The Bertz CT molecular complexity index is 1060. The Labute approximate surface area is 213 Å². The zero-order valence-corrected chi connectivity index (χ0v) is 22.8. The van der Waals surface area contributed by atoms with Crippen LogP contribution in [0.4, 0.5) is 0 Å². The van der Waals surface area contributed by atoms with Crippen molar-refractivity contribution in [2.75, 3.05) is 0 Å². The van der Waals surface area contributed by atoms with Gasteiger partial charge < -0.3 is 4.57 Å². The standard InChI is InChI=1S/C30H34IOP/c1-3-5-10-18-25(17-6-4-2)29(26-19-11-7-12-20-26)30(31)33(32,27-21-13-8-14-22-27)28-23-15-9-16-24-28/h7-9,11-16,18-24H,3-6,10,17H2,1-2H3/b25-18+,30-29-. The molecule has 0 aliphatic heterocycles. The molecule has 0 aromatic heterocycles. The number of benzene rings is 3. The molecule has 3 heteroatoms. The van der Waals surface area contributed by atoms with Gasteiger partial charge >= 0.3 is 0 Å². The summed E-state index contributed by atoms with van der Waals surface area (Å²) in [6.07, 6.45) is 9.06. The Morgan fingerprint density at radius 3 is 1.73 bits per heavy atom. The van der Waals surface area contributed by atoms with Crippen molar-refractivity contribution in [2.45, 2.75) is 52.4 Å². The van der Waals surface area contributed by atoms with Gasteiger partial charge in [-0.2, -0.15) is 0 Å². The second-order valence-corrected chi connectivity index (χ2v) is 12.9. The lowest BCUT2D eigenvalue weighted by Crippen LogP contribution is -2.16. The highest BCUT2D eigenvalue weighted by Crippen LogP contribution is 2.59. The zero-order valence-electron chi connectivity index (χ0n) is 19.7. The number of hydrogen-bond acceptors (Lipinski definition) is 1. The van der Waals surface area contributed by atoms with Crippen LogP contribution in [0, 0.1) is 0 Å². The summed E-state index contributed by atoms with van der Waals surface area (Å²) in [4.78, 5) is 0. The molecule has 0 aliphatic rings. The molecule has 0 heterocycles. The van der Waals surface area contributed by atoms with Crippen molar-refractivity contribution in [1.82, 2.24) is 0 Å². The molecule has 0 atom stereocenters. The number of hydrogen-bond donors (Lipinski definition) is 0. The van der Waals surface area contributed by atoms with Crippen LogP contribution >= 0.6 is 29.7 Å². The van der Waals surface area contributed by atoms with Gasteiger partial charge in [0, 0.05) is 16.2 Å². The van der Waals surface area contributed by atoms with Gasteiger partial charge in [0.2, 0.25) is 0 Å². The molecule has 0 saturated carbocycles. The Hall–Kier alpha value is -1.90. The second-order valence-electron chi connectivity index (χ2n) is 8.29. The minimum absolute atomic E-state index is 0.887. The van der Waals surface area contributed by atoms with E-state index in [-0.39, 0.29) is 0 Å². The molecule has 0 radical (unpaired) electrons. The van der Waals surface area contributed by atoms with Crippen molar-refractivity contribution in [2.24, 2.45) is 0 Å². The lowest BCUT2D eigenvalue weighted by Gasteiger charge is -2.24. The SMILES string of the molecule is CCCC/C=C(CCCC)/C(=C(\I)P(=O)(c1ccccc1)c1ccccc1)c1ccccc1. The fourth-order valence-electron chi connectivity index (χ4n) is 4.03. The fraction of sp³-hybridized carbons (Fsp3) is 0.267. The Kier molecular flexibility index (Phi) is 10.2. The third-order valence-corrected chi connectivity index (χ3v) is 11.3. The smallest absolute Gasteiger partial charge is 0.177 e. The highest BCUT2D eigenvalue weighted by Gasteiger charge is 2.33. The highest BCUT2D eigenvalue weighted by atomic mass is 127. The Morgan fingerprint density at radius 2 is 1.24 bits per heavy atom. The van der Waals surface area contributed by atoms with Crippen LogP contribution in [0.1, 0.15) is 57.9 Å². The molecule has 0 spiro atoms. The van der Waals surface area contributed by atoms with E-state index in [1.165, 1.54) is 18.4 Å². The molecule has 3 rings (SSSR count). The van der Waals surface area contributed by atoms with Crippen molar-refractivity contribution in [3.05, 3.63) is 112 Å². The van der Waals surface area contributed by atoms with E-state index in [0.717, 1.165) is 50.7 Å². The van der Waals surface area contributed by atoms with Crippen LogP contribution in [-0.4, -0.2) is 0 Å². The number of unbranched alkanes of at least 4 members (excludes halogenated alkanes) is 3. The van der Waals surface area contributed by atoms with Crippen LogP contribution in [0.15, 0.2) is 106 Å². The number of rotatable bonds is 11. The lowest BCUT2D eigenvalue weighted by atomic mass is 9.94. The molecule has 0 N–H and O–H groups in total. The first-order valence-corrected chi connectivity index (χ1v) is 14.8. The van der Waals surface area contributed by atoms with Gasteiger partial charge in [-0.05, 0) is 53.0 Å². The van der Waals surface area contributed by atoms with Crippen molar-refractivity contribution in [3.8, 4) is 0 Å². The van der Waals surface area contributed by atoms with E-state index >= 15 is 4.57 Å². The molecule has 33 heavy (non-hydrogen) atoms. The van der Waals surface area contributed by atoms with E-state index in [1.807, 2.05) is 60.7 Å². The molecular formula is C30H34IOP. The van der Waals surface area contributed by atoms with Gasteiger partial charge in [-0.25, -0.2) is 0 Å². The highest BCUT2D eigenvalue weighted by molar-refractivity contribution is 14.1. The monoisotopic (exact) mass is 568 g/mol. The summed E-state index contributed by atoms with van der Waals surface area (Å²) in [7, 11) is -3.04. The summed E-state index contributed by atoms with van der Waals surface area (Å²) < 4.78 is 16.1. The maximum atomic E-state index is 15.1.